The molecule has 0 aromatic heterocycles. The highest BCUT2D eigenvalue weighted by Crippen LogP contribution is 2.54. The van der Waals surface area contributed by atoms with Crippen LogP contribution in [0.15, 0.2) is 4.76 Å². The molecule has 2 unspecified atom stereocenters. The number of ether oxygens (including phenoxy) is 5. The molecule has 2 fully saturated rings. The van der Waals surface area contributed by atoms with E-state index in [1.165, 1.54) is 11.9 Å². The second-order valence-electron chi connectivity index (χ2n) is 11.5. The van der Waals surface area contributed by atoms with Crippen LogP contribution in [0, 0.1) is 11.8 Å². The van der Waals surface area contributed by atoms with E-state index in [1.807, 2.05) is 0 Å². The molecule has 2 saturated carbocycles. The summed E-state index contributed by atoms with van der Waals surface area (Å²) in [6, 6.07) is 0. The molecule has 0 bridgehead atoms. The van der Waals surface area contributed by atoms with Crippen LogP contribution in [0.1, 0.15) is 98.8 Å². The Labute approximate surface area is 254 Å². The second-order valence-corrected chi connectivity index (χ2v) is 13.1. The molecule has 15 heteroatoms. The number of carbonyl (C=O) groups is 3. The molecule has 0 spiro atoms. The average molecular weight is 636 g/mol. The van der Waals surface area contributed by atoms with E-state index in [2.05, 4.69) is 4.76 Å². The molecular formula is C28H50N3O11P. The predicted molar refractivity (Wildman–Crippen MR) is 157 cm³/mol. The maximum atomic E-state index is 14.2. The number of guanidine groups is 1. The Morgan fingerprint density at radius 3 is 1.60 bits per heavy atom. The molecule has 2 N–H and O–H groups in total. The molecule has 2 atom stereocenters. The lowest BCUT2D eigenvalue weighted by Crippen LogP contribution is -2.38. The minimum Gasteiger partial charge on any atom is -0.465 e. The van der Waals surface area contributed by atoms with Crippen molar-refractivity contribution < 1.29 is 51.7 Å². The van der Waals surface area contributed by atoms with Gasteiger partial charge in [-0.15, -0.1) is 4.76 Å². The van der Waals surface area contributed by atoms with Crippen molar-refractivity contribution >= 4 is 32.0 Å². The Kier molecular flexibility index (Phi) is 15.6. The van der Waals surface area contributed by atoms with E-state index >= 15 is 0 Å². The number of likely N-dealkylation sites (N-methyl/N-ethyl adjacent to an activating group) is 1. The summed E-state index contributed by atoms with van der Waals surface area (Å²) in [5.41, 5.74) is 6.07. The van der Waals surface area contributed by atoms with E-state index in [0.29, 0.717) is 0 Å². The molecule has 0 saturated heterocycles. The van der Waals surface area contributed by atoms with Crippen LogP contribution >= 0.6 is 7.75 Å². The Morgan fingerprint density at radius 2 is 1.23 bits per heavy atom. The highest BCUT2D eigenvalue weighted by atomic mass is 31.2. The molecular weight excluding hydrogens is 585 g/mol. The van der Waals surface area contributed by atoms with Gasteiger partial charge in [0.25, 0.3) is 0 Å². The topological polar surface area (TPSA) is 175 Å². The second kappa shape index (κ2) is 18.3. The van der Waals surface area contributed by atoms with Crippen molar-refractivity contribution in [3.63, 3.8) is 0 Å². The normalized spacial score (nSPS) is 19.7. The number of rotatable bonds is 14. The van der Waals surface area contributed by atoms with E-state index < -0.39 is 56.4 Å². The van der Waals surface area contributed by atoms with Crippen molar-refractivity contribution in [2.45, 2.75) is 124 Å². The summed E-state index contributed by atoms with van der Waals surface area (Å²) in [5, 5.41) is 0. The standard InChI is InChI=1S/C28H50N3O11P/c1-7-36-23(32)18-31(6)26(29)30-43(35,41-24(19(2)3)39-27(33)37-21-14-10-8-11-15-21)42-25(20(4)5)40-28(34)38-22-16-12-9-13-17-22/h19-22,24-25H,7-18H2,1-6H3,(H2,29,30,35). The number of carbonyl (C=O) groups excluding carboxylic acids is 3. The minimum absolute atomic E-state index is 0.156. The first-order valence-corrected chi connectivity index (χ1v) is 16.7. The smallest absolute Gasteiger partial charge is 0.465 e. The van der Waals surface area contributed by atoms with E-state index in [4.69, 9.17) is 38.5 Å². The van der Waals surface area contributed by atoms with Gasteiger partial charge in [0.05, 0.1) is 6.61 Å². The maximum Gasteiger partial charge on any atom is 0.510 e. The van der Waals surface area contributed by atoms with Gasteiger partial charge in [-0.2, -0.15) is 0 Å². The fourth-order valence-corrected chi connectivity index (χ4v) is 6.11. The van der Waals surface area contributed by atoms with Crippen molar-refractivity contribution in [1.29, 1.82) is 0 Å². The molecule has 0 aromatic rings. The fourth-order valence-electron chi connectivity index (χ4n) is 4.46. The zero-order chi connectivity index (χ0) is 32.0. The van der Waals surface area contributed by atoms with Crippen molar-refractivity contribution in [2.75, 3.05) is 20.2 Å². The van der Waals surface area contributed by atoms with Gasteiger partial charge in [0.1, 0.15) is 18.8 Å². The zero-order valence-electron chi connectivity index (χ0n) is 26.4. The third kappa shape index (κ3) is 13.7. The number of esters is 1. The molecule has 0 aliphatic heterocycles. The Morgan fingerprint density at radius 1 is 0.814 bits per heavy atom. The Hall–Kier alpha value is -2.57. The van der Waals surface area contributed by atoms with Crippen LogP contribution in [0.2, 0.25) is 0 Å². The highest BCUT2D eigenvalue weighted by Gasteiger charge is 2.39. The van der Waals surface area contributed by atoms with Crippen LogP contribution in [0.5, 0.6) is 0 Å². The third-order valence-electron chi connectivity index (χ3n) is 6.91. The first-order valence-electron chi connectivity index (χ1n) is 15.3. The van der Waals surface area contributed by atoms with Gasteiger partial charge in [-0.3, -0.25) is 4.79 Å². The molecule has 14 nitrogen and oxygen atoms in total. The fraction of sp³-hybridized carbons (Fsp3) is 0.857. The average Bonchev–Trinajstić information content (AvgIpc) is 2.93. The molecule has 0 radical (unpaired) electrons. The first kappa shape index (κ1) is 36.6. The summed E-state index contributed by atoms with van der Waals surface area (Å²) in [6.07, 6.45) is 3.41. The summed E-state index contributed by atoms with van der Waals surface area (Å²) >= 11 is 0. The molecule has 0 heterocycles. The summed E-state index contributed by atoms with van der Waals surface area (Å²) < 4.78 is 56.2. The molecule has 0 aromatic carbocycles. The summed E-state index contributed by atoms with van der Waals surface area (Å²) in [4.78, 5) is 38.4. The zero-order valence-corrected chi connectivity index (χ0v) is 27.3. The van der Waals surface area contributed by atoms with Gasteiger partial charge in [-0.25, -0.2) is 23.2 Å². The quantitative estimate of drug-likeness (QED) is 0.0599. The molecule has 2 rings (SSSR count). The van der Waals surface area contributed by atoms with Gasteiger partial charge < -0.3 is 34.3 Å². The van der Waals surface area contributed by atoms with Gasteiger partial charge >= 0.3 is 26.0 Å². The Bertz CT molecular complexity index is 914. The van der Waals surface area contributed by atoms with Crippen LogP contribution in [0.4, 0.5) is 9.59 Å². The van der Waals surface area contributed by atoms with Crippen LogP contribution in [-0.2, 0) is 42.1 Å². The summed E-state index contributed by atoms with van der Waals surface area (Å²) in [6.45, 7) is 8.17. The molecule has 248 valence electrons. The summed E-state index contributed by atoms with van der Waals surface area (Å²) in [7, 11) is -3.28. The van der Waals surface area contributed by atoms with E-state index in [9.17, 15) is 18.9 Å². The lowest BCUT2D eigenvalue weighted by molar-refractivity contribution is -0.143. The van der Waals surface area contributed by atoms with E-state index in [-0.39, 0.29) is 25.4 Å². The van der Waals surface area contributed by atoms with Gasteiger partial charge in [-0.05, 0) is 58.3 Å². The molecule has 43 heavy (non-hydrogen) atoms. The van der Waals surface area contributed by atoms with E-state index in [1.54, 1.807) is 34.6 Å². The van der Waals surface area contributed by atoms with Crippen LogP contribution in [0.25, 0.3) is 0 Å². The monoisotopic (exact) mass is 635 g/mol. The predicted octanol–water partition coefficient (Wildman–Crippen LogP) is 5.87. The SMILES string of the molecule is CCOC(=O)CN(C)/C(N)=N/P(=O)(OC(OC(=O)OC1CCCCC1)C(C)C)OC(OC(=O)OC1CCCCC1)C(C)C. The van der Waals surface area contributed by atoms with Crippen molar-refractivity contribution in [2.24, 2.45) is 22.3 Å². The lowest BCUT2D eigenvalue weighted by atomic mass is 9.98. The van der Waals surface area contributed by atoms with Crippen molar-refractivity contribution in [3.05, 3.63) is 0 Å². The van der Waals surface area contributed by atoms with Crippen LogP contribution in [0.3, 0.4) is 0 Å². The summed E-state index contributed by atoms with van der Waals surface area (Å²) in [5.74, 6) is -2.04. The van der Waals surface area contributed by atoms with Gasteiger partial charge in [0.2, 0.25) is 18.5 Å². The van der Waals surface area contributed by atoms with Crippen LogP contribution < -0.4 is 5.73 Å². The van der Waals surface area contributed by atoms with Crippen LogP contribution in [-0.4, -0.2) is 74.1 Å². The van der Waals surface area contributed by atoms with Gasteiger partial charge in [-0.1, -0.05) is 40.5 Å². The lowest BCUT2D eigenvalue weighted by Gasteiger charge is -2.29. The Balaban J connectivity index is 2.26. The minimum atomic E-state index is -4.70. The number of hydrogen-bond donors (Lipinski definition) is 1. The maximum absolute atomic E-state index is 14.2. The van der Waals surface area contributed by atoms with Crippen molar-refractivity contribution in [1.82, 2.24) is 4.90 Å². The highest BCUT2D eigenvalue weighted by molar-refractivity contribution is 7.52. The third-order valence-corrected chi connectivity index (χ3v) is 8.30. The number of nitrogens with two attached hydrogens (primary N) is 1. The van der Waals surface area contributed by atoms with Gasteiger partial charge in [0.15, 0.2) is 0 Å². The first-order chi connectivity index (χ1) is 20.3. The molecule has 2 aliphatic rings. The molecule has 0 amide bonds. The van der Waals surface area contributed by atoms with E-state index in [0.717, 1.165) is 64.2 Å². The van der Waals surface area contributed by atoms with Crippen molar-refractivity contribution in [3.8, 4) is 0 Å². The van der Waals surface area contributed by atoms with Gasteiger partial charge in [0, 0.05) is 18.9 Å². The number of nitrogens with zero attached hydrogens (tertiary/aromatic N) is 2. The largest absolute Gasteiger partial charge is 0.510 e. The number of hydrogen-bond acceptors (Lipinski definition) is 11. The molecule has 2 aliphatic carbocycles.